The van der Waals surface area contributed by atoms with E-state index in [0.717, 1.165) is 22.2 Å². The number of aromatic nitrogens is 3. The van der Waals surface area contributed by atoms with E-state index in [1.807, 2.05) is 48.0 Å². The maximum Gasteiger partial charge on any atom is 0.150 e. The summed E-state index contributed by atoms with van der Waals surface area (Å²) in [6, 6.07) is 7.52. The highest BCUT2D eigenvalue weighted by atomic mass is 35.5. The SMILES string of the molecule is C=C(C=O)/C=C\C=C(/C)n1cc(-c2ccc(Cl)cc2)c2c(N)ncnc21. The Morgan fingerprint density at radius 3 is 2.69 bits per heavy atom. The number of fused-ring (bicyclic) bond motifs is 1. The summed E-state index contributed by atoms with van der Waals surface area (Å²) in [6.45, 7) is 5.56. The van der Waals surface area contributed by atoms with Gasteiger partial charge in [-0.2, -0.15) is 0 Å². The molecule has 0 aliphatic rings. The van der Waals surface area contributed by atoms with Crippen molar-refractivity contribution in [1.82, 2.24) is 14.5 Å². The van der Waals surface area contributed by atoms with E-state index >= 15 is 0 Å². The Balaban J connectivity index is 2.15. The second kappa shape index (κ2) is 7.37. The molecule has 2 heterocycles. The zero-order valence-electron chi connectivity index (χ0n) is 14.2. The number of aldehydes is 1. The Kier molecular flexibility index (Phi) is 5.00. The lowest BCUT2D eigenvalue weighted by atomic mass is 10.1. The Morgan fingerprint density at radius 1 is 1.27 bits per heavy atom. The fourth-order valence-electron chi connectivity index (χ4n) is 2.63. The Bertz CT molecular complexity index is 1050. The molecule has 5 nitrogen and oxygen atoms in total. The smallest absolute Gasteiger partial charge is 0.150 e. The van der Waals surface area contributed by atoms with Gasteiger partial charge in [-0.25, -0.2) is 9.97 Å². The van der Waals surface area contributed by atoms with Crippen LogP contribution in [-0.4, -0.2) is 20.8 Å². The highest BCUT2D eigenvalue weighted by Gasteiger charge is 2.15. The zero-order chi connectivity index (χ0) is 18.7. The molecule has 0 atom stereocenters. The van der Waals surface area contributed by atoms with Crippen LogP contribution < -0.4 is 5.73 Å². The number of benzene rings is 1. The van der Waals surface area contributed by atoms with Gasteiger partial charge in [-0.3, -0.25) is 4.79 Å². The maximum absolute atomic E-state index is 10.6. The van der Waals surface area contributed by atoms with Crippen molar-refractivity contribution in [2.24, 2.45) is 0 Å². The molecule has 0 amide bonds. The van der Waals surface area contributed by atoms with E-state index in [9.17, 15) is 4.79 Å². The second-order valence-electron chi connectivity index (χ2n) is 5.74. The molecule has 0 bridgehead atoms. The minimum absolute atomic E-state index is 0.403. The van der Waals surface area contributed by atoms with Crippen molar-refractivity contribution in [1.29, 1.82) is 0 Å². The van der Waals surface area contributed by atoms with Crippen LogP contribution in [0.25, 0.3) is 27.9 Å². The van der Waals surface area contributed by atoms with Crippen LogP contribution in [0.5, 0.6) is 0 Å². The molecular weight excluding hydrogens is 348 g/mol. The monoisotopic (exact) mass is 364 g/mol. The first-order chi connectivity index (χ1) is 12.5. The number of carbonyl (C=O) groups is 1. The van der Waals surface area contributed by atoms with E-state index in [1.54, 1.807) is 12.2 Å². The number of anilines is 1. The summed E-state index contributed by atoms with van der Waals surface area (Å²) in [6.07, 6.45) is 9.40. The molecule has 3 aromatic rings. The lowest BCUT2D eigenvalue weighted by Crippen LogP contribution is -1.96. The molecule has 26 heavy (non-hydrogen) atoms. The van der Waals surface area contributed by atoms with Gasteiger partial charge in [0.1, 0.15) is 24.1 Å². The van der Waals surface area contributed by atoms with Crippen LogP contribution >= 0.6 is 11.6 Å². The van der Waals surface area contributed by atoms with Crippen molar-refractivity contribution >= 4 is 40.4 Å². The lowest BCUT2D eigenvalue weighted by Gasteiger charge is -2.03. The van der Waals surface area contributed by atoms with E-state index in [1.165, 1.54) is 6.33 Å². The Hall–Kier alpha value is -3.18. The van der Waals surface area contributed by atoms with Crippen molar-refractivity contribution in [2.45, 2.75) is 6.92 Å². The van der Waals surface area contributed by atoms with Crippen molar-refractivity contribution < 1.29 is 4.79 Å². The lowest BCUT2D eigenvalue weighted by molar-refractivity contribution is -0.104. The second-order valence-corrected chi connectivity index (χ2v) is 6.17. The number of allylic oxidation sites excluding steroid dienone is 5. The van der Waals surface area contributed by atoms with Crippen LogP contribution in [0, 0.1) is 0 Å². The number of rotatable bonds is 5. The van der Waals surface area contributed by atoms with Crippen LogP contribution in [0.3, 0.4) is 0 Å². The molecule has 0 radical (unpaired) electrons. The van der Waals surface area contributed by atoms with Crippen molar-refractivity contribution in [3.05, 3.63) is 72.2 Å². The fraction of sp³-hybridized carbons (Fsp3) is 0.0500. The summed E-state index contributed by atoms with van der Waals surface area (Å²) in [5, 5.41) is 1.45. The highest BCUT2D eigenvalue weighted by Crippen LogP contribution is 2.34. The molecule has 6 heteroatoms. The average Bonchev–Trinajstić information content (AvgIpc) is 3.03. The number of hydrogen-bond acceptors (Lipinski definition) is 4. The van der Waals surface area contributed by atoms with Crippen molar-refractivity contribution in [3.8, 4) is 11.1 Å². The number of nitrogen functional groups attached to an aromatic ring is 1. The van der Waals surface area contributed by atoms with E-state index < -0.39 is 0 Å². The van der Waals surface area contributed by atoms with Crippen LogP contribution in [0.4, 0.5) is 5.82 Å². The highest BCUT2D eigenvalue weighted by molar-refractivity contribution is 6.30. The summed E-state index contributed by atoms with van der Waals surface area (Å²) < 4.78 is 1.94. The summed E-state index contributed by atoms with van der Waals surface area (Å²) in [5.41, 5.74) is 10.0. The topological polar surface area (TPSA) is 73.8 Å². The molecule has 0 fully saturated rings. The Labute approximate surface area is 156 Å². The molecule has 0 aliphatic heterocycles. The van der Waals surface area contributed by atoms with E-state index in [0.29, 0.717) is 28.3 Å². The first kappa shape index (κ1) is 17.6. The third-order valence-corrected chi connectivity index (χ3v) is 4.20. The first-order valence-corrected chi connectivity index (χ1v) is 8.26. The van der Waals surface area contributed by atoms with E-state index in [4.69, 9.17) is 17.3 Å². The van der Waals surface area contributed by atoms with Gasteiger partial charge in [0, 0.05) is 28.1 Å². The molecule has 130 valence electrons. The molecule has 2 aromatic heterocycles. The minimum atomic E-state index is 0.403. The van der Waals surface area contributed by atoms with Gasteiger partial charge in [0.15, 0.2) is 0 Å². The zero-order valence-corrected chi connectivity index (χ0v) is 14.9. The van der Waals surface area contributed by atoms with Crippen molar-refractivity contribution in [3.63, 3.8) is 0 Å². The quantitative estimate of drug-likeness (QED) is 0.410. The number of nitrogens with two attached hydrogens (primary N) is 1. The van der Waals surface area contributed by atoms with Crippen LogP contribution in [-0.2, 0) is 4.79 Å². The van der Waals surface area contributed by atoms with E-state index in [-0.39, 0.29) is 0 Å². The third-order valence-electron chi connectivity index (χ3n) is 3.95. The summed E-state index contributed by atoms with van der Waals surface area (Å²) in [7, 11) is 0. The van der Waals surface area contributed by atoms with E-state index in [2.05, 4.69) is 16.5 Å². The van der Waals surface area contributed by atoms with Gasteiger partial charge in [-0.15, -0.1) is 0 Å². The molecule has 0 aliphatic carbocycles. The maximum atomic E-state index is 10.6. The fourth-order valence-corrected chi connectivity index (χ4v) is 2.76. The normalized spacial score (nSPS) is 12.0. The largest absolute Gasteiger partial charge is 0.383 e. The van der Waals surface area contributed by atoms with Crippen LogP contribution in [0.1, 0.15) is 6.92 Å². The number of nitrogens with zero attached hydrogens (tertiary/aromatic N) is 3. The summed E-state index contributed by atoms with van der Waals surface area (Å²) in [4.78, 5) is 19.1. The molecule has 0 saturated carbocycles. The van der Waals surface area contributed by atoms with Gasteiger partial charge in [0.2, 0.25) is 0 Å². The molecule has 0 spiro atoms. The Morgan fingerprint density at radius 2 is 2.00 bits per heavy atom. The standard InChI is InChI=1S/C20H17ClN4O/c1-13(11-26)4-3-5-14(2)25-10-17(15-6-8-16(21)9-7-15)18-19(22)23-12-24-20(18)25/h3-12H,1H2,2H3,(H2,22,23,24)/b4-3-,14-5+. The molecular formula is C20H17ClN4O. The van der Waals surface area contributed by atoms with Crippen LogP contribution in [0.2, 0.25) is 5.02 Å². The molecule has 0 unspecified atom stereocenters. The number of halogens is 1. The number of hydrogen-bond donors (Lipinski definition) is 1. The number of carbonyl (C=O) groups excluding carboxylic acids is 1. The third kappa shape index (κ3) is 3.43. The van der Waals surface area contributed by atoms with Gasteiger partial charge in [-0.05, 0) is 30.7 Å². The predicted octanol–water partition coefficient (Wildman–Crippen LogP) is 4.51. The average molecular weight is 365 g/mol. The van der Waals surface area contributed by atoms with Gasteiger partial charge < -0.3 is 10.3 Å². The van der Waals surface area contributed by atoms with Gasteiger partial charge in [0.25, 0.3) is 0 Å². The molecule has 1 aromatic carbocycles. The van der Waals surface area contributed by atoms with Crippen LogP contribution in [0.15, 0.2) is 67.2 Å². The van der Waals surface area contributed by atoms with Gasteiger partial charge in [0.05, 0.1) is 5.39 Å². The molecule has 3 rings (SSSR count). The molecule has 0 saturated heterocycles. The molecule has 2 N–H and O–H groups in total. The van der Waals surface area contributed by atoms with Gasteiger partial charge in [-0.1, -0.05) is 42.5 Å². The first-order valence-electron chi connectivity index (χ1n) is 7.88. The summed E-state index contributed by atoms with van der Waals surface area (Å²) >= 11 is 6.00. The van der Waals surface area contributed by atoms with Gasteiger partial charge >= 0.3 is 0 Å². The minimum Gasteiger partial charge on any atom is -0.383 e. The summed E-state index contributed by atoms with van der Waals surface area (Å²) in [5.74, 6) is 0.413. The van der Waals surface area contributed by atoms with Crippen molar-refractivity contribution in [2.75, 3.05) is 5.73 Å². The predicted molar refractivity (Wildman–Crippen MR) is 107 cm³/mol.